The Morgan fingerprint density at radius 2 is 2.31 bits per heavy atom. The second kappa shape index (κ2) is 6.17. The van der Waals surface area contributed by atoms with Crippen molar-refractivity contribution >= 4 is 0 Å². The molecule has 0 amide bonds. The van der Waals surface area contributed by atoms with Gasteiger partial charge < -0.3 is 10.6 Å². The molecular formula is C11H22N2. The summed E-state index contributed by atoms with van der Waals surface area (Å²) in [6.45, 7) is 6.72. The third-order valence-corrected chi connectivity index (χ3v) is 2.82. The Kier molecular flexibility index (Phi) is 5.09. The largest absolute Gasteiger partial charge is 0.327 e. The second-order valence-electron chi connectivity index (χ2n) is 3.84. The molecule has 1 rings (SSSR count). The zero-order valence-electron chi connectivity index (χ0n) is 8.71. The van der Waals surface area contributed by atoms with Gasteiger partial charge in [0.15, 0.2) is 0 Å². The van der Waals surface area contributed by atoms with Gasteiger partial charge in [-0.05, 0) is 38.3 Å². The van der Waals surface area contributed by atoms with Crippen molar-refractivity contribution in [2.75, 3.05) is 26.2 Å². The molecule has 0 aromatic heterocycles. The van der Waals surface area contributed by atoms with Crippen LogP contribution in [0, 0.1) is 5.92 Å². The minimum atomic E-state index is 0.685. The Morgan fingerprint density at radius 1 is 1.46 bits per heavy atom. The number of hydrogen-bond acceptors (Lipinski definition) is 2. The van der Waals surface area contributed by atoms with Crippen LogP contribution >= 0.6 is 0 Å². The van der Waals surface area contributed by atoms with Crippen molar-refractivity contribution < 1.29 is 0 Å². The highest BCUT2D eigenvalue weighted by atomic mass is 15.1. The predicted molar refractivity (Wildman–Crippen MR) is 57.6 cm³/mol. The van der Waals surface area contributed by atoms with Gasteiger partial charge in [-0.2, -0.15) is 0 Å². The third kappa shape index (κ3) is 3.92. The summed E-state index contributed by atoms with van der Waals surface area (Å²) < 4.78 is 0. The van der Waals surface area contributed by atoms with Crippen LogP contribution in [-0.4, -0.2) is 31.1 Å². The summed E-state index contributed by atoms with van der Waals surface area (Å²) in [5.41, 5.74) is 5.40. The van der Waals surface area contributed by atoms with Gasteiger partial charge >= 0.3 is 0 Å². The normalized spacial score (nSPS) is 25.5. The third-order valence-electron chi connectivity index (χ3n) is 2.82. The molecule has 2 heteroatoms. The average Bonchev–Trinajstić information content (AvgIpc) is 2.19. The molecule has 1 unspecified atom stereocenters. The van der Waals surface area contributed by atoms with Gasteiger partial charge in [0.1, 0.15) is 0 Å². The standard InChI is InChI=1S/C11H22N2/c1-2-13-9-5-7-11(10-13)6-3-4-8-12/h3-4,11H,2,5-10,12H2,1H3/b4-3-. The number of likely N-dealkylation sites (tertiary alicyclic amines) is 1. The fraction of sp³-hybridized carbons (Fsp3) is 0.818. The van der Waals surface area contributed by atoms with Crippen LogP contribution in [0.25, 0.3) is 0 Å². The predicted octanol–water partition coefficient (Wildman–Crippen LogP) is 1.62. The Hall–Kier alpha value is -0.340. The van der Waals surface area contributed by atoms with E-state index < -0.39 is 0 Å². The van der Waals surface area contributed by atoms with Crippen molar-refractivity contribution in [2.24, 2.45) is 11.7 Å². The van der Waals surface area contributed by atoms with Crippen molar-refractivity contribution in [3.05, 3.63) is 12.2 Å². The van der Waals surface area contributed by atoms with E-state index in [1.54, 1.807) is 0 Å². The van der Waals surface area contributed by atoms with E-state index in [9.17, 15) is 0 Å². The molecule has 0 radical (unpaired) electrons. The first-order valence-corrected chi connectivity index (χ1v) is 5.44. The van der Waals surface area contributed by atoms with Crippen LogP contribution in [0.4, 0.5) is 0 Å². The molecule has 1 aliphatic rings. The van der Waals surface area contributed by atoms with Gasteiger partial charge in [0, 0.05) is 13.1 Å². The summed E-state index contributed by atoms with van der Waals surface area (Å²) in [7, 11) is 0. The van der Waals surface area contributed by atoms with Crippen LogP contribution in [0.3, 0.4) is 0 Å². The SMILES string of the molecule is CCN1CCCC(C/C=C\CN)C1. The number of allylic oxidation sites excluding steroid dienone is 1. The number of nitrogens with zero attached hydrogens (tertiary/aromatic N) is 1. The molecule has 1 atom stereocenters. The summed E-state index contributed by atoms with van der Waals surface area (Å²) in [6, 6.07) is 0. The van der Waals surface area contributed by atoms with Crippen LogP contribution < -0.4 is 5.73 Å². The lowest BCUT2D eigenvalue weighted by atomic mass is 9.95. The van der Waals surface area contributed by atoms with Crippen LogP contribution in [0.2, 0.25) is 0 Å². The molecule has 0 saturated carbocycles. The van der Waals surface area contributed by atoms with Crippen molar-refractivity contribution in [1.29, 1.82) is 0 Å². The lowest BCUT2D eigenvalue weighted by Crippen LogP contribution is -2.34. The van der Waals surface area contributed by atoms with Gasteiger partial charge in [-0.3, -0.25) is 0 Å². The van der Waals surface area contributed by atoms with Crippen molar-refractivity contribution in [3.8, 4) is 0 Å². The molecule has 1 heterocycles. The van der Waals surface area contributed by atoms with Gasteiger partial charge in [0.05, 0.1) is 0 Å². The summed E-state index contributed by atoms with van der Waals surface area (Å²) in [4.78, 5) is 2.55. The van der Waals surface area contributed by atoms with Crippen LogP contribution in [-0.2, 0) is 0 Å². The van der Waals surface area contributed by atoms with E-state index in [1.165, 1.54) is 38.9 Å². The van der Waals surface area contributed by atoms with E-state index in [0.29, 0.717) is 6.54 Å². The van der Waals surface area contributed by atoms with Crippen molar-refractivity contribution in [1.82, 2.24) is 4.90 Å². The molecule has 0 spiro atoms. The Labute approximate surface area is 81.8 Å². The van der Waals surface area contributed by atoms with Crippen molar-refractivity contribution in [2.45, 2.75) is 26.2 Å². The molecule has 0 aliphatic carbocycles. The van der Waals surface area contributed by atoms with Crippen molar-refractivity contribution in [3.63, 3.8) is 0 Å². The van der Waals surface area contributed by atoms with E-state index in [0.717, 1.165) is 5.92 Å². The highest BCUT2D eigenvalue weighted by molar-refractivity contribution is 4.86. The lowest BCUT2D eigenvalue weighted by molar-refractivity contribution is 0.184. The molecule has 1 fully saturated rings. The number of hydrogen-bond donors (Lipinski definition) is 1. The fourth-order valence-corrected chi connectivity index (χ4v) is 2.02. The molecule has 2 nitrogen and oxygen atoms in total. The first-order valence-electron chi connectivity index (χ1n) is 5.44. The average molecular weight is 182 g/mol. The monoisotopic (exact) mass is 182 g/mol. The summed E-state index contributed by atoms with van der Waals surface area (Å²) in [5, 5.41) is 0. The molecule has 0 bridgehead atoms. The number of piperidine rings is 1. The maximum absolute atomic E-state index is 5.40. The Bertz CT molecular complexity index is 154. The topological polar surface area (TPSA) is 29.3 Å². The Balaban J connectivity index is 2.21. The molecule has 2 N–H and O–H groups in total. The fourth-order valence-electron chi connectivity index (χ4n) is 2.02. The number of rotatable bonds is 4. The maximum Gasteiger partial charge on any atom is 0.0106 e. The number of nitrogens with two attached hydrogens (primary N) is 1. The molecule has 1 saturated heterocycles. The second-order valence-corrected chi connectivity index (χ2v) is 3.84. The van der Waals surface area contributed by atoms with E-state index >= 15 is 0 Å². The summed E-state index contributed by atoms with van der Waals surface area (Å²) >= 11 is 0. The highest BCUT2D eigenvalue weighted by Gasteiger charge is 2.16. The first-order chi connectivity index (χ1) is 6.36. The molecule has 13 heavy (non-hydrogen) atoms. The molecule has 76 valence electrons. The van der Waals surface area contributed by atoms with E-state index in [4.69, 9.17) is 5.73 Å². The van der Waals surface area contributed by atoms with E-state index in [1.807, 2.05) is 0 Å². The van der Waals surface area contributed by atoms with E-state index in [-0.39, 0.29) is 0 Å². The quantitative estimate of drug-likeness (QED) is 0.669. The summed E-state index contributed by atoms with van der Waals surface area (Å²) in [5.74, 6) is 0.872. The zero-order valence-corrected chi connectivity index (χ0v) is 8.71. The first kappa shape index (κ1) is 10.7. The van der Waals surface area contributed by atoms with Gasteiger partial charge in [0.25, 0.3) is 0 Å². The maximum atomic E-state index is 5.40. The van der Waals surface area contributed by atoms with Gasteiger partial charge in [-0.1, -0.05) is 19.1 Å². The molecule has 1 aliphatic heterocycles. The molecular weight excluding hydrogens is 160 g/mol. The van der Waals surface area contributed by atoms with Crippen LogP contribution in [0.1, 0.15) is 26.2 Å². The smallest absolute Gasteiger partial charge is 0.0106 e. The molecule has 0 aromatic rings. The van der Waals surface area contributed by atoms with Gasteiger partial charge in [-0.15, -0.1) is 0 Å². The minimum Gasteiger partial charge on any atom is -0.327 e. The lowest BCUT2D eigenvalue weighted by Gasteiger charge is -2.31. The summed E-state index contributed by atoms with van der Waals surface area (Å²) in [6.07, 6.45) is 8.29. The van der Waals surface area contributed by atoms with Gasteiger partial charge in [0.2, 0.25) is 0 Å². The molecule has 0 aromatic carbocycles. The Morgan fingerprint density at radius 3 is 3.00 bits per heavy atom. The zero-order chi connectivity index (χ0) is 9.52. The van der Waals surface area contributed by atoms with Crippen LogP contribution in [0.5, 0.6) is 0 Å². The van der Waals surface area contributed by atoms with E-state index in [2.05, 4.69) is 24.0 Å². The minimum absolute atomic E-state index is 0.685. The van der Waals surface area contributed by atoms with Gasteiger partial charge in [-0.25, -0.2) is 0 Å². The highest BCUT2D eigenvalue weighted by Crippen LogP contribution is 2.19. The van der Waals surface area contributed by atoms with Crippen LogP contribution in [0.15, 0.2) is 12.2 Å².